The third-order valence-electron chi connectivity index (χ3n) is 4.00. The van der Waals surface area contributed by atoms with Gasteiger partial charge >= 0.3 is 0 Å². The number of aromatic amines is 1. The van der Waals surface area contributed by atoms with Crippen molar-refractivity contribution in [1.29, 1.82) is 0 Å². The van der Waals surface area contributed by atoms with Crippen LogP contribution in [0.1, 0.15) is 25.7 Å². The maximum Gasteiger partial charge on any atom is 0.224 e. The number of amides is 1. The van der Waals surface area contributed by atoms with Gasteiger partial charge in [0.05, 0.1) is 17.4 Å². The van der Waals surface area contributed by atoms with Crippen molar-refractivity contribution in [3.8, 4) is 0 Å². The Morgan fingerprint density at radius 3 is 3.05 bits per heavy atom. The van der Waals surface area contributed by atoms with Crippen LogP contribution in [0.15, 0.2) is 24.4 Å². The minimum atomic E-state index is 0.0947. The topological polar surface area (TPSA) is 69.8 Å². The molecule has 1 aromatic carbocycles. The second-order valence-corrected chi connectivity index (χ2v) is 5.42. The van der Waals surface area contributed by atoms with Crippen LogP contribution < -0.4 is 10.6 Å². The van der Waals surface area contributed by atoms with E-state index in [0.717, 1.165) is 36.1 Å². The molecule has 0 spiro atoms. The van der Waals surface area contributed by atoms with Gasteiger partial charge in [-0.15, -0.1) is 0 Å². The Balaban J connectivity index is 1.57. The monoisotopic (exact) mass is 272 g/mol. The minimum absolute atomic E-state index is 0.0947. The summed E-state index contributed by atoms with van der Waals surface area (Å²) >= 11 is 0. The van der Waals surface area contributed by atoms with Crippen molar-refractivity contribution >= 4 is 22.5 Å². The largest absolute Gasteiger partial charge is 0.325 e. The molecular formula is C15H20N4O. The Labute approximate surface area is 118 Å². The molecule has 0 saturated carbocycles. The highest BCUT2D eigenvalue weighted by molar-refractivity contribution is 6.00. The van der Waals surface area contributed by atoms with E-state index in [1.165, 1.54) is 12.8 Å². The summed E-state index contributed by atoms with van der Waals surface area (Å²) in [5, 5.41) is 14.2. The van der Waals surface area contributed by atoms with Crippen LogP contribution >= 0.6 is 0 Å². The number of rotatable bonds is 4. The summed E-state index contributed by atoms with van der Waals surface area (Å²) in [5.74, 6) is 0.781. The average molecular weight is 272 g/mol. The van der Waals surface area contributed by atoms with Gasteiger partial charge in [0.15, 0.2) is 0 Å². The molecule has 5 nitrogen and oxygen atoms in total. The second-order valence-electron chi connectivity index (χ2n) is 5.42. The van der Waals surface area contributed by atoms with Gasteiger partial charge in [-0.3, -0.25) is 9.89 Å². The number of nitrogens with one attached hydrogen (secondary N) is 3. The van der Waals surface area contributed by atoms with Crippen molar-refractivity contribution in [3.05, 3.63) is 24.4 Å². The Bertz CT molecular complexity index is 586. The lowest BCUT2D eigenvalue weighted by molar-refractivity contribution is -0.116. The zero-order chi connectivity index (χ0) is 13.8. The first-order valence-electron chi connectivity index (χ1n) is 7.25. The van der Waals surface area contributed by atoms with E-state index in [1.807, 2.05) is 18.2 Å². The van der Waals surface area contributed by atoms with E-state index in [-0.39, 0.29) is 5.91 Å². The van der Waals surface area contributed by atoms with Crippen LogP contribution in [-0.4, -0.2) is 29.2 Å². The Morgan fingerprint density at radius 1 is 1.35 bits per heavy atom. The molecule has 1 fully saturated rings. The predicted molar refractivity (Wildman–Crippen MR) is 79.6 cm³/mol. The number of anilines is 1. The van der Waals surface area contributed by atoms with Gasteiger partial charge in [0, 0.05) is 11.8 Å². The number of H-pyrrole nitrogens is 1. The number of carbonyl (C=O) groups is 1. The summed E-state index contributed by atoms with van der Waals surface area (Å²) < 4.78 is 0. The average Bonchev–Trinajstić information content (AvgIpc) is 2.96. The molecule has 1 aromatic heterocycles. The molecule has 0 bridgehead atoms. The van der Waals surface area contributed by atoms with Crippen LogP contribution in [0.2, 0.25) is 0 Å². The highest BCUT2D eigenvalue weighted by atomic mass is 16.1. The molecule has 3 N–H and O–H groups in total. The van der Waals surface area contributed by atoms with Crippen molar-refractivity contribution in [2.75, 3.05) is 18.4 Å². The molecule has 0 unspecified atom stereocenters. The lowest BCUT2D eigenvalue weighted by Gasteiger charge is -2.22. The van der Waals surface area contributed by atoms with E-state index in [9.17, 15) is 4.79 Å². The summed E-state index contributed by atoms with van der Waals surface area (Å²) in [4.78, 5) is 12.1. The summed E-state index contributed by atoms with van der Waals surface area (Å²) in [6, 6.07) is 5.79. The van der Waals surface area contributed by atoms with Crippen molar-refractivity contribution in [3.63, 3.8) is 0 Å². The first kappa shape index (κ1) is 13.1. The van der Waals surface area contributed by atoms with Gasteiger partial charge in [-0.1, -0.05) is 6.07 Å². The molecule has 3 rings (SSSR count). The normalized spacial score (nSPS) is 16.4. The summed E-state index contributed by atoms with van der Waals surface area (Å²) in [5.41, 5.74) is 1.78. The van der Waals surface area contributed by atoms with Gasteiger partial charge < -0.3 is 10.6 Å². The molecule has 5 heteroatoms. The molecule has 1 saturated heterocycles. The van der Waals surface area contributed by atoms with Crippen LogP contribution in [0.4, 0.5) is 5.69 Å². The third-order valence-corrected chi connectivity index (χ3v) is 4.00. The van der Waals surface area contributed by atoms with Crippen LogP contribution in [0.25, 0.3) is 10.9 Å². The van der Waals surface area contributed by atoms with Gasteiger partial charge in [-0.05, 0) is 50.4 Å². The fourth-order valence-electron chi connectivity index (χ4n) is 2.80. The quantitative estimate of drug-likeness (QED) is 0.799. The van der Waals surface area contributed by atoms with Gasteiger partial charge in [-0.25, -0.2) is 0 Å². The second kappa shape index (κ2) is 6.05. The Morgan fingerprint density at radius 2 is 2.20 bits per heavy atom. The molecule has 0 atom stereocenters. The van der Waals surface area contributed by atoms with E-state index in [2.05, 4.69) is 20.8 Å². The molecule has 1 aliphatic heterocycles. The van der Waals surface area contributed by atoms with E-state index < -0.39 is 0 Å². The number of piperidine rings is 1. The molecule has 2 heterocycles. The number of benzene rings is 1. The van der Waals surface area contributed by atoms with Crippen molar-refractivity contribution in [2.24, 2.45) is 5.92 Å². The lowest BCUT2D eigenvalue weighted by atomic mass is 9.93. The van der Waals surface area contributed by atoms with E-state index in [4.69, 9.17) is 0 Å². The number of carbonyl (C=O) groups excluding carboxylic acids is 1. The van der Waals surface area contributed by atoms with Gasteiger partial charge in [0.25, 0.3) is 0 Å². The summed E-state index contributed by atoms with van der Waals surface area (Å²) in [6.07, 6.45) is 5.70. The maximum atomic E-state index is 12.1. The number of aromatic nitrogens is 2. The highest BCUT2D eigenvalue weighted by Gasteiger charge is 2.15. The number of hydrogen-bond acceptors (Lipinski definition) is 3. The van der Waals surface area contributed by atoms with Crippen molar-refractivity contribution in [2.45, 2.75) is 25.7 Å². The zero-order valence-corrected chi connectivity index (χ0v) is 11.5. The number of nitrogens with zero attached hydrogens (tertiary/aromatic N) is 1. The minimum Gasteiger partial charge on any atom is -0.325 e. The fraction of sp³-hybridized carbons (Fsp3) is 0.467. The van der Waals surface area contributed by atoms with Gasteiger partial charge in [0.2, 0.25) is 5.91 Å². The number of hydrogen-bond donors (Lipinski definition) is 3. The first-order valence-corrected chi connectivity index (χ1v) is 7.25. The van der Waals surface area contributed by atoms with Crippen molar-refractivity contribution < 1.29 is 4.79 Å². The molecule has 20 heavy (non-hydrogen) atoms. The van der Waals surface area contributed by atoms with Crippen LogP contribution in [0.3, 0.4) is 0 Å². The van der Waals surface area contributed by atoms with Gasteiger partial charge in [-0.2, -0.15) is 5.10 Å². The number of fused-ring (bicyclic) bond motifs is 1. The van der Waals surface area contributed by atoms with E-state index in [1.54, 1.807) is 6.20 Å². The highest BCUT2D eigenvalue weighted by Crippen LogP contribution is 2.22. The fourth-order valence-corrected chi connectivity index (χ4v) is 2.80. The van der Waals surface area contributed by atoms with Crippen molar-refractivity contribution in [1.82, 2.24) is 15.5 Å². The molecule has 1 aliphatic rings. The molecule has 106 valence electrons. The van der Waals surface area contributed by atoms with Gasteiger partial charge in [0.1, 0.15) is 0 Å². The van der Waals surface area contributed by atoms with Crippen LogP contribution in [0.5, 0.6) is 0 Å². The molecule has 0 radical (unpaired) electrons. The predicted octanol–water partition coefficient (Wildman–Crippen LogP) is 2.28. The summed E-state index contributed by atoms with van der Waals surface area (Å²) in [6.45, 7) is 2.17. The Kier molecular flexibility index (Phi) is 3.97. The molecule has 1 amide bonds. The smallest absolute Gasteiger partial charge is 0.224 e. The van der Waals surface area contributed by atoms with E-state index in [0.29, 0.717) is 12.3 Å². The molecule has 0 aliphatic carbocycles. The third kappa shape index (κ3) is 2.99. The summed E-state index contributed by atoms with van der Waals surface area (Å²) in [7, 11) is 0. The van der Waals surface area contributed by atoms with Crippen LogP contribution in [-0.2, 0) is 4.79 Å². The zero-order valence-electron chi connectivity index (χ0n) is 11.5. The van der Waals surface area contributed by atoms with Crippen LogP contribution in [0, 0.1) is 5.92 Å². The Hall–Kier alpha value is -1.88. The molecule has 2 aromatic rings. The molecular weight excluding hydrogens is 252 g/mol. The maximum absolute atomic E-state index is 12.1. The standard InChI is InChI=1S/C15H20N4O/c20-15(5-4-11-6-8-16-9-7-11)18-13-2-1-3-14-12(13)10-17-19-14/h1-3,10-11,16H,4-9H2,(H,17,19)(H,18,20). The first-order chi connectivity index (χ1) is 9.83. The lowest BCUT2D eigenvalue weighted by Crippen LogP contribution is -2.28. The van der Waals surface area contributed by atoms with E-state index >= 15 is 0 Å². The SMILES string of the molecule is O=C(CCC1CCNCC1)Nc1cccc2[nH]ncc12.